The molecule has 0 aliphatic carbocycles. The Labute approximate surface area is 142 Å². The van der Waals surface area contributed by atoms with Crippen molar-refractivity contribution in [2.45, 2.75) is 19.6 Å². The van der Waals surface area contributed by atoms with Crippen LogP contribution in [-0.2, 0) is 11.3 Å². The Morgan fingerprint density at radius 2 is 1.71 bits per heavy atom. The Balaban J connectivity index is 1.94. The van der Waals surface area contributed by atoms with E-state index in [1.165, 1.54) is 0 Å². The largest absolute Gasteiger partial charge is 0.481 e. The number of likely N-dealkylation sites (N-methyl/N-ethyl adjacent to an activating group) is 1. The highest BCUT2D eigenvalue weighted by atomic mass is 16.5. The van der Waals surface area contributed by atoms with Gasteiger partial charge in [0.05, 0.1) is 0 Å². The van der Waals surface area contributed by atoms with Crippen LogP contribution in [0.1, 0.15) is 22.8 Å². The number of carbonyl (C=O) groups is 2. The van der Waals surface area contributed by atoms with Gasteiger partial charge < -0.3 is 15.0 Å². The third-order valence-electron chi connectivity index (χ3n) is 3.64. The van der Waals surface area contributed by atoms with Gasteiger partial charge in [0, 0.05) is 26.2 Å². The van der Waals surface area contributed by atoms with Crippen LogP contribution in [-0.4, -0.2) is 36.9 Å². The van der Waals surface area contributed by atoms with Crippen molar-refractivity contribution in [2.75, 3.05) is 14.1 Å². The minimum atomic E-state index is -0.567. The molecule has 2 amide bonds. The van der Waals surface area contributed by atoms with Crippen LogP contribution in [0.2, 0.25) is 0 Å². The van der Waals surface area contributed by atoms with Crippen molar-refractivity contribution in [3.05, 3.63) is 65.7 Å². The molecule has 126 valence electrons. The lowest BCUT2D eigenvalue weighted by Crippen LogP contribution is -2.37. The molecule has 1 unspecified atom stereocenters. The van der Waals surface area contributed by atoms with E-state index in [9.17, 15) is 9.59 Å². The lowest BCUT2D eigenvalue weighted by atomic mass is 10.1. The molecule has 0 saturated carbocycles. The number of benzene rings is 2. The highest BCUT2D eigenvalue weighted by Crippen LogP contribution is 2.13. The average molecular weight is 326 g/mol. The van der Waals surface area contributed by atoms with Gasteiger partial charge in [-0.15, -0.1) is 0 Å². The lowest BCUT2D eigenvalue weighted by molar-refractivity contribution is -0.137. The van der Waals surface area contributed by atoms with E-state index in [1.54, 1.807) is 38.1 Å². The molecule has 0 aromatic heterocycles. The first-order chi connectivity index (χ1) is 11.5. The van der Waals surface area contributed by atoms with Gasteiger partial charge in [-0.3, -0.25) is 9.59 Å². The van der Waals surface area contributed by atoms with E-state index in [0.29, 0.717) is 17.9 Å². The van der Waals surface area contributed by atoms with E-state index in [0.717, 1.165) is 5.56 Å². The van der Waals surface area contributed by atoms with Crippen LogP contribution in [0, 0.1) is 0 Å². The maximum absolute atomic E-state index is 12.4. The lowest BCUT2D eigenvalue weighted by Gasteiger charge is -2.22. The van der Waals surface area contributed by atoms with Gasteiger partial charge in [0.15, 0.2) is 6.10 Å². The van der Waals surface area contributed by atoms with Crippen LogP contribution in [0.4, 0.5) is 0 Å². The number of hydrogen-bond donors (Lipinski definition) is 1. The third-order valence-corrected chi connectivity index (χ3v) is 3.64. The minimum Gasteiger partial charge on any atom is -0.481 e. The van der Waals surface area contributed by atoms with Gasteiger partial charge in [-0.05, 0) is 36.8 Å². The Hall–Kier alpha value is -2.82. The molecule has 24 heavy (non-hydrogen) atoms. The summed E-state index contributed by atoms with van der Waals surface area (Å²) in [6.45, 7) is 2.19. The van der Waals surface area contributed by atoms with Crippen LogP contribution in [0.3, 0.4) is 0 Å². The van der Waals surface area contributed by atoms with Crippen LogP contribution >= 0.6 is 0 Å². The van der Waals surface area contributed by atoms with Crippen molar-refractivity contribution in [2.24, 2.45) is 0 Å². The van der Waals surface area contributed by atoms with E-state index in [1.807, 2.05) is 42.5 Å². The first-order valence-electron chi connectivity index (χ1n) is 7.79. The summed E-state index contributed by atoms with van der Waals surface area (Å²) >= 11 is 0. The molecule has 0 radical (unpaired) electrons. The molecule has 0 heterocycles. The fraction of sp³-hybridized carbons (Fsp3) is 0.263. The summed E-state index contributed by atoms with van der Waals surface area (Å²) in [5.41, 5.74) is 1.54. The summed E-state index contributed by atoms with van der Waals surface area (Å²) in [6.07, 6.45) is -0.567. The zero-order valence-electron chi connectivity index (χ0n) is 14.2. The molecule has 5 nitrogen and oxygen atoms in total. The summed E-state index contributed by atoms with van der Waals surface area (Å²) < 4.78 is 5.66. The van der Waals surface area contributed by atoms with Gasteiger partial charge in [0.1, 0.15) is 5.75 Å². The zero-order valence-corrected chi connectivity index (χ0v) is 14.2. The maximum Gasteiger partial charge on any atom is 0.263 e. The topological polar surface area (TPSA) is 58.6 Å². The van der Waals surface area contributed by atoms with Crippen LogP contribution < -0.4 is 10.1 Å². The average Bonchev–Trinajstić information content (AvgIpc) is 2.61. The molecule has 5 heteroatoms. The number of hydrogen-bond acceptors (Lipinski definition) is 3. The monoisotopic (exact) mass is 326 g/mol. The minimum absolute atomic E-state index is 0.103. The summed E-state index contributed by atoms with van der Waals surface area (Å²) in [7, 11) is 3.33. The highest BCUT2D eigenvalue weighted by molar-refractivity contribution is 5.93. The Morgan fingerprint density at radius 3 is 2.29 bits per heavy atom. The normalized spacial score (nSPS) is 11.5. The van der Waals surface area contributed by atoms with Crippen LogP contribution in [0.15, 0.2) is 54.6 Å². The fourth-order valence-corrected chi connectivity index (χ4v) is 2.32. The Morgan fingerprint density at radius 1 is 1.08 bits per heavy atom. The molecule has 1 N–H and O–H groups in total. The van der Waals surface area contributed by atoms with Gasteiger partial charge >= 0.3 is 0 Å². The molecular formula is C19H22N2O3. The number of para-hydroxylation sites is 1. The second kappa shape index (κ2) is 8.15. The summed E-state index contributed by atoms with van der Waals surface area (Å²) in [5, 5.41) is 2.58. The molecule has 0 bridgehead atoms. The van der Waals surface area contributed by atoms with Crippen molar-refractivity contribution in [1.29, 1.82) is 0 Å². The molecule has 0 fully saturated rings. The first kappa shape index (κ1) is 17.5. The molecule has 2 rings (SSSR count). The molecule has 0 aliphatic heterocycles. The second-order valence-electron chi connectivity index (χ2n) is 5.54. The Bertz CT molecular complexity index is 684. The fourth-order valence-electron chi connectivity index (χ4n) is 2.32. The summed E-state index contributed by atoms with van der Waals surface area (Å²) in [5.74, 6) is 0.437. The zero-order chi connectivity index (χ0) is 17.5. The van der Waals surface area contributed by atoms with Gasteiger partial charge in [0.2, 0.25) is 0 Å². The molecule has 0 saturated heterocycles. The number of carbonyl (C=O) groups excluding carboxylic acids is 2. The molecular weight excluding hydrogens is 304 g/mol. The SMILES string of the molecule is CNC(=O)c1ccc(CN(C)C(=O)C(C)Oc2ccccc2)cc1. The van der Waals surface area contributed by atoms with Crippen LogP contribution in [0.25, 0.3) is 0 Å². The van der Waals surface area contributed by atoms with E-state index < -0.39 is 6.10 Å². The standard InChI is InChI=1S/C19H22N2O3/c1-14(24-17-7-5-4-6-8-17)19(23)21(3)13-15-9-11-16(12-10-15)18(22)20-2/h4-12,14H,13H2,1-3H3,(H,20,22). The Kier molecular flexibility index (Phi) is 5.95. The molecule has 2 aromatic rings. The van der Waals surface area contributed by atoms with Crippen molar-refractivity contribution in [3.8, 4) is 5.75 Å². The van der Waals surface area contributed by atoms with Crippen molar-refractivity contribution < 1.29 is 14.3 Å². The van der Waals surface area contributed by atoms with E-state index >= 15 is 0 Å². The maximum atomic E-state index is 12.4. The first-order valence-corrected chi connectivity index (χ1v) is 7.79. The number of rotatable bonds is 6. The number of nitrogens with zero attached hydrogens (tertiary/aromatic N) is 1. The molecule has 1 atom stereocenters. The van der Waals surface area contributed by atoms with Crippen molar-refractivity contribution >= 4 is 11.8 Å². The number of amides is 2. The van der Waals surface area contributed by atoms with Gasteiger partial charge in [-0.1, -0.05) is 30.3 Å². The van der Waals surface area contributed by atoms with E-state index in [2.05, 4.69) is 5.32 Å². The third kappa shape index (κ3) is 4.59. The summed E-state index contributed by atoms with van der Waals surface area (Å²) in [4.78, 5) is 25.5. The quantitative estimate of drug-likeness (QED) is 0.887. The molecule has 0 spiro atoms. The smallest absolute Gasteiger partial charge is 0.263 e. The second-order valence-corrected chi connectivity index (χ2v) is 5.54. The molecule has 2 aromatic carbocycles. The van der Waals surface area contributed by atoms with Crippen molar-refractivity contribution in [1.82, 2.24) is 10.2 Å². The van der Waals surface area contributed by atoms with Gasteiger partial charge in [-0.25, -0.2) is 0 Å². The van der Waals surface area contributed by atoms with E-state index in [-0.39, 0.29) is 11.8 Å². The van der Waals surface area contributed by atoms with E-state index in [4.69, 9.17) is 4.74 Å². The molecule has 0 aliphatic rings. The van der Waals surface area contributed by atoms with Gasteiger partial charge in [0.25, 0.3) is 11.8 Å². The van der Waals surface area contributed by atoms with Crippen molar-refractivity contribution in [3.63, 3.8) is 0 Å². The van der Waals surface area contributed by atoms with Crippen LogP contribution in [0.5, 0.6) is 5.75 Å². The van der Waals surface area contributed by atoms with Gasteiger partial charge in [-0.2, -0.15) is 0 Å². The predicted molar refractivity (Wildman–Crippen MR) is 92.8 cm³/mol. The highest BCUT2D eigenvalue weighted by Gasteiger charge is 2.19. The number of nitrogens with one attached hydrogen (secondary N) is 1. The predicted octanol–water partition coefficient (Wildman–Crippen LogP) is 2.47. The summed E-state index contributed by atoms with van der Waals surface area (Å²) in [6, 6.07) is 16.5. The number of ether oxygens (including phenoxy) is 1.